The molecule has 0 unspecified atom stereocenters. The Morgan fingerprint density at radius 2 is 1.49 bits per heavy atom. The molecule has 2 N–H and O–H groups in total. The number of amides is 1. The summed E-state index contributed by atoms with van der Waals surface area (Å²) in [6.07, 6.45) is 15.7. The molecule has 0 radical (unpaired) electrons. The zero-order valence-corrected chi connectivity index (χ0v) is 34.6. The molecule has 1 amide bonds. The minimum absolute atomic E-state index is 0.0377. The number of ketones is 1. The van der Waals surface area contributed by atoms with Gasteiger partial charge >= 0.3 is 11.9 Å². The van der Waals surface area contributed by atoms with E-state index in [1.807, 2.05) is 13.8 Å². The van der Waals surface area contributed by atoms with E-state index >= 15 is 0 Å². The maximum Gasteiger partial charge on any atom is 0.309 e. The third-order valence-electron chi connectivity index (χ3n) is 18.4. The van der Waals surface area contributed by atoms with E-state index in [0.717, 1.165) is 63.5 Å². The third kappa shape index (κ3) is 5.83. The highest BCUT2D eigenvalue weighted by atomic mass is 16.5. The molecular weight excluding hydrogens is 663 g/mol. The quantitative estimate of drug-likeness (QED) is 0.241. The van der Waals surface area contributed by atoms with Crippen molar-refractivity contribution in [3.05, 3.63) is 11.1 Å². The van der Waals surface area contributed by atoms with Crippen LogP contribution in [0.5, 0.6) is 0 Å². The number of carbonyl (C=O) groups is 4. The van der Waals surface area contributed by atoms with Gasteiger partial charge in [-0.2, -0.15) is 0 Å². The fourth-order valence-electron chi connectivity index (χ4n) is 15.1. The lowest BCUT2D eigenvalue weighted by atomic mass is 9.33. The number of rotatable bonds is 8. The van der Waals surface area contributed by atoms with Gasteiger partial charge in [-0.05, 0) is 127 Å². The largest absolute Gasteiger partial charge is 0.481 e. The van der Waals surface area contributed by atoms with Crippen LogP contribution in [-0.2, 0) is 23.9 Å². The Morgan fingerprint density at radius 3 is 2.13 bits per heavy atom. The third-order valence-corrected chi connectivity index (χ3v) is 18.4. The first-order chi connectivity index (χ1) is 24.7. The number of ether oxygens (including phenoxy) is 1. The second kappa shape index (κ2) is 13.2. The molecule has 0 saturated heterocycles. The van der Waals surface area contributed by atoms with E-state index in [4.69, 9.17) is 4.74 Å². The van der Waals surface area contributed by atoms with Gasteiger partial charge in [0.1, 0.15) is 6.10 Å². The first-order valence-electron chi connectivity index (χ1n) is 21.7. The van der Waals surface area contributed by atoms with Crippen LogP contribution in [0.15, 0.2) is 11.1 Å². The molecule has 7 nitrogen and oxygen atoms in total. The summed E-state index contributed by atoms with van der Waals surface area (Å²) in [4.78, 5) is 53.2. The van der Waals surface area contributed by atoms with Gasteiger partial charge < -0.3 is 15.2 Å². The predicted molar refractivity (Wildman–Crippen MR) is 207 cm³/mol. The van der Waals surface area contributed by atoms with Crippen LogP contribution in [-0.4, -0.2) is 41.4 Å². The Bertz CT molecular complexity index is 1550. The second-order valence-electron chi connectivity index (χ2n) is 21.7. The number of hydrogen-bond acceptors (Lipinski definition) is 5. The second-order valence-corrected chi connectivity index (χ2v) is 21.7. The van der Waals surface area contributed by atoms with Crippen LogP contribution >= 0.6 is 0 Å². The molecule has 296 valence electrons. The van der Waals surface area contributed by atoms with Crippen molar-refractivity contribution in [1.82, 2.24) is 5.32 Å². The Morgan fingerprint density at radius 1 is 0.792 bits per heavy atom. The Kier molecular flexibility index (Phi) is 9.74. The fourth-order valence-corrected chi connectivity index (χ4v) is 15.1. The summed E-state index contributed by atoms with van der Waals surface area (Å²) in [6, 6.07) is 0. The van der Waals surface area contributed by atoms with Crippen molar-refractivity contribution in [3.8, 4) is 0 Å². The minimum Gasteiger partial charge on any atom is -0.481 e. The van der Waals surface area contributed by atoms with Gasteiger partial charge in [0.15, 0.2) is 5.78 Å². The van der Waals surface area contributed by atoms with Crippen LogP contribution < -0.4 is 5.32 Å². The highest BCUT2D eigenvalue weighted by Crippen LogP contribution is 2.77. The maximum atomic E-state index is 14.0. The fraction of sp³-hybridized carbons (Fsp3) is 0.870. The smallest absolute Gasteiger partial charge is 0.309 e. The standard InChI is InChI=1S/C46H71NO6/c1-27(2)37-32(48)24-46(25-36(49)47-26-28-13-11-10-12-14-28)22-21-44(8)29(38(37)46)15-16-34-43(7)19-18-35(42(5,6)33(43)17-20-45(34,44)9)53-40(52)31-23-30(39(50)51)41(31,3)4/h27-31,33-35H,10-26H2,1-9H3,(H,47,49)(H,50,51)/t29-,30+,31-,33+,34-,35+,43+,44-,45-,46+/m1/s1. The van der Waals surface area contributed by atoms with E-state index < -0.39 is 17.3 Å². The molecule has 10 atom stereocenters. The number of Topliss-reactive ketones (excluding diaryl/α,β-unsaturated/α-hetero) is 1. The molecule has 0 aromatic carbocycles. The van der Waals surface area contributed by atoms with E-state index in [-0.39, 0.29) is 56.9 Å². The normalized spacial score (nSPS) is 43.2. The number of esters is 1. The zero-order chi connectivity index (χ0) is 38.5. The van der Waals surface area contributed by atoms with Gasteiger partial charge in [-0.15, -0.1) is 0 Å². The molecule has 0 heterocycles. The number of carboxylic acids is 1. The lowest BCUT2D eigenvalue weighted by molar-refractivity contribution is -0.236. The SMILES string of the molecule is CC(C)C1=C2[C@H]3CC[C@@H]4[C@@]5(C)CC[C@H](OC(=O)[C@H]6C[C@@H](C(=O)O)C6(C)C)C(C)(C)[C@@H]5CC[C@@]4(C)[C@]3(C)CC[C@@]2(CC(=O)NCC2CCCCC2)CC1=O. The van der Waals surface area contributed by atoms with Crippen molar-refractivity contribution < 1.29 is 29.0 Å². The van der Waals surface area contributed by atoms with Crippen LogP contribution in [0.3, 0.4) is 0 Å². The van der Waals surface area contributed by atoms with Crippen LogP contribution in [0, 0.1) is 73.9 Å². The van der Waals surface area contributed by atoms with Gasteiger partial charge in [0.05, 0.1) is 11.8 Å². The summed E-state index contributed by atoms with van der Waals surface area (Å²) in [5, 5.41) is 13.0. The molecular formula is C46H71NO6. The molecule has 7 rings (SSSR count). The molecule has 0 bridgehead atoms. The van der Waals surface area contributed by atoms with Crippen molar-refractivity contribution in [2.24, 2.45) is 73.9 Å². The average Bonchev–Trinajstić information content (AvgIpc) is 3.37. The number of nitrogens with one attached hydrogen (secondary N) is 1. The summed E-state index contributed by atoms with van der Waals surface area (Å²) < 4.78 is 6.42. The van der Waals surface area contributed by atoms with Crippen molar-refractivity contribution in [2.75, 3.05) is 6.54 Å². The van der Waals surface area contributed by atoms with Crippen molar-refractivity contribution in [1.29, 1.82) is 0 Å². The van der Waals surface area contributed by atoms with E-state index in [9.17, 15) is 24.3 Å². The van der Waals surface area contributed by atoms with Gasteiger partial charge in [0.25, 0.3) is 0 Å². The lowest BCUT2D eigenvalue weighted by Gasteiger charge is -2.72. The van der Waals surface area contributed by atoms with Crippen LogP contribution in [0.2, 0.25) is 0 Å². The van der Waals surface area contributed by atoms with Crippen molar-refractivity contribution >= 4 is 23.6 Å². The summed E-state index contributed by atoms with van der Waals surface area (Å²) in [5.41, 5.74) is 1.54. The molecule has 0 aromatic heterocycles. The van der Waals surface area contributed by atoms with Crippen LogP contribution in [0.4, 0.5) is 0 Å². The summed E-state index contributed by atoms with van der Waals surface area (Å²) in [5.74, 6) is 0.535. The average molecular weight is 734 g/mol. The molecule has 0 spiro atoms. The molecule has 7 heteroatoms. The van der Waals surface area contributed by atoms with Crippen molar-refractivity contribution in [3.63, 3.8) is 0 Å². The van der Waals surface area contributed by atoms with Gasteiger partial charge in [0.2, 0.25) is 5.91 Å². The predicted octanol–water partition coefficient (Wildman–Crippen LogP) is 9.71. The van der Waals surface area contributed by atoms with E-state index in [1.165, 1.54) is 37.7 Å². The minimum atomic E-state index is -0.822. The van der Waals surface area contributed by atoms with E-state index in [2.05, 4.69) is 53.8 Å². The van der Waals surface area contributed by atoms with Gasteiger partial charge in [0, 0.05) is 30.2 Å². The maximum absolute atomic E-state index is 14.0. The van der Waals surface area contributed by atoms with E-state index in [1.54, 1.807) is 0 Å². The summed E-state index contributed by atoms with van der Waals surface area (Å²) in [6.45, 7) is 21.3. The number of allylic oxidation sites excluding steroid dienone is 2. The summed E-state index contributed by atoms with van der Waals surface area (Å²) in [7, 11) is 0. The first-order valence-corrected chi connectivity index (χ1v) is 21.7. The van der Waals surface area contributed by atoms with Gasteiger partial charge in [-0.1, -0.05) is 87.1 Å². The van der Waals surface area contributed by atoms with Crippen LogP contribution in [0.25, 0.3) is 0 Å². The zero-order valence-electron chi connectivity index (χ0n) is 34.6. The topological polar surface area (TPSA) is 110 Å². The summed E-state index contributed by atoms with van der Waals surface area (Å²) >= 11 is 0. The monoisotopic (exact) mass is 734 g/mol. The highest BCUT2D eigenvalue weighted by Gasteiger charge is 2.70. The number of fused-ring (bicyclic) bond motifs is 7. The molecule has 0 aromatic rings. The molecule has 6 saturated carbocycles. The highest BCUT2D eigenvalue weighted by molar-refractivity contribution is 6.01. The van der Waals surface area contributed by atoms with Gasteiger partial charge in [-0.3, -0.25) is 19.2 Å². The Hall–Kier alpha value is -2.18. The first kappa shape index (κ1) is 39.1. The number of carboxylic acid groups (broad SMARTS) is 1. The molecule has 7 aliphatic rings. The molecule has 6 fully saturated rings. The number of aliphatic carboxylic acids is 1. The molecule has 53 heavy (non-hydrogen) atoms. The molecule has 0 aliphatic heterocycles. The molecule has 7 aliphatic carbocycles. The van der Waals surface area contributed by atoms with Crippen LogP contribution in [0.1, 0.15) is 165 Å². The lowest BCUT2D eigenvalue weighted by Crippen LogP contribution is -2.66. The van der Waals surface area contributed by atoms with Crippen molar-refractivity contribution in [2.45, 2.75) is 171 Å². The number of carbonyl (C=O) groups excluding carboxylic acids is 3. The Labute approximate surface area is 320 Å². The Balaban J connectivity index is 1.12. The van der Waals surface area contributed by atoms with Gasteiger partial charge in [-0.25, -0.2) is 0 Å². The van der Waals surface area contributed by atoms with E-state index in [0.29, 0.717) is 48.7 Å². The number of hydrogen-bond donors (Lipinski definition) is 2.